The number of alkyl halides is 1. The first kappa shape index (κ1) is 20.5. The summed E-state index contributed by atoms with van der Waals surface area (Å²) in [5.74, 6) is -0.124. The van der Waals surface area contributed by atoms with E-state index in [0.29, 0.717) is 16.9 Å². The molecule has 1 aliphatic carbocycles. The van der Waals surface area contributed by atoms with Crippen molar-refractivity contribution in [1.29, 1.82) is 0 Å². The van der Waals surface area contributed by atoms with Gasteiger partial charge in [0.25, 0.3) is 11.8 Å². The topological polar surface area (TPSA) is 90.4 Å². The van der Waals surface area contributed by atoms with E-state index in [2.05, 4.69) is 27.6 Å². The van der Waals surface area contributed by atoms with Gasteiger partial charge < -0.3 is 19.0 Å². The molecule has 0 bridgehead atoms. The van der Waals surface area contributed by atoms with E-state index in [1.54, 1.807) is 0 Å². The van der Waals surface area contributed by atoms with Gasteiger partial charge in [0.1, 0.15) is 18.0 Å². The molecule has 0 radical (unpaired) electrons. The minimum Gasteiger partial charge on any atom is -0.473 e. The number of nitrogens with zero attached hydrogens (tertiary/aromatic N) is 2. The number of benzene rings is 1. The average Bonchev–Trinajstić information content (AvgIpc) is 3.24. The maximum absolute atomic E-state index is 13.6. The molecule has 3 unspecified atom stereocenters. The zero-order valence-electron chi connectivity index (χ0n) is 16.5. The molecular weight excluding hydrogens is 408 g/mol. The van der Waals surface area contributed by atoms with E-state index in [0.717, 1.165) is 17.9 Å². The Bertz CT molecular complexity index is 1060. The van der Waals surface area contributed by atoms with E-state index in [1.807, 2.05) is 27.4 Å². The second kappa shape index (κ2) is 8.96. The molecule has 158 valence electrons. The van der Waals surface area contributed by atoms with Gasteiger partial charge in [0.05, 0.1) is 12.1 Å². The summed E-state index contributed by atoms with van der Waals surface area (Å²) in [5.41, 5.74) is 2.41. The molecule has 0 saturated heterocycles. The normalized spacial score (nSPS) is 16.1. The van der Waals surface area contributed by atoms with E-state index in [-0.39, 0.29) is 24.3 Å². The fourth-order valence-corrected chi connectivity index (χ4v) is 3.19. The molecular formula is C21H23FN3O4P. The highest BCUT2D eigenvalue weighted by atomic mass is 31.0. The van der Waals surface area contributed by atoms with Crippen LogP contribution in [-0.2, 0) is 4.79 Å². The van der Waals surface area contributed by atoms with Crippen LogP contribution in [0.5, 0.6) is 5.88 Å². The van der Waals surface area contributed by atoms with Crippen LogP contribution in [0.2, 0.25) is 0 Å². The molecule has 2 aromatic heterocycles. The number of hydrogen-bond donors (Lipinski definition) is 1. The van der Waals surface area contributed by atoms with Gasteiger partial charge in [0, 0.05) is 6.92 Å². The summed E-state index contributed by atoms with van der Waals surface area (Å²) >= 11 is 0. The molecule has 1 fully saturated rings. The van der Waals surface area contributed by atoms with Gasteiger partial charge in [0.15, 0.2) is 5.58 Å². The summed E-state index contributed by atoms with van der Waals surface area (Å²) in [4.78, 5) is 15.6. The maximum Gasteiger partial charge on any atom is 0.267 e. The number of fused-ring (bicyclic) bond motifs is 1. The minimum absolute atomic E-state index is 0.0969. The van der Waals surface area contributed by atoms with Crippen molar-refractivity contribution in [2.45, 2.75) is 38.1 Å². The highest BCUT2D eigenvalue weighted by Crippen LogP contribution is 2.33. The lowest BCUT2D eigenvalue weighted by atomic mass is 10.1. The van der Waals surface area contributed by atoms with E-state index in [9.17, 15) is 9.18 Å². The maximum atomic E-state index is 13.6. The second-order valence-electron chi connectivity index (χ2n) is 7.42. The Morgan fingerprint density at radius 2 is 2.27 bits per heavy atom. The lowest BCUT2D eigenvalue weighted by Gasteiger charge is -2.18. The predicted octanol–water partition coefficient (Wildman–Crippen LogP) is 4.35. The zero-order valence-corrected chi connectivity index (χ0v) is 17.7. The first-order chi connectivity index (χ1) is 14.5. The van der Waals surface area contributed by atoms with Gasteiger partial charge in [-0.05, 0) is 48.0 Å². The molecule has 0 aliphatic heterocycles. The van der Waals surface area contributed by atoms with Crippen molar-refractivity contribution in [3.8, 4) is 17.5 Å². The van der Waals surface area contributed by atoms with Crippen LogP contribution in [0.1, 0.15) is 31.7 Å². The van der Waals surface area contributed by atoms with E-state index in [1.165, 1.54) is 25.8 Å². The first-order valence-corrected chi connectivity index (χ1v) is 10.5. The molecule has 1 amide bonds. The second-order valence-corrected chi connectivity index (χ2v) is 8.06. The summed E-state index contributed by atoms with van der Waals surface area (Å²) in [5, 5.41) is 6.28. The molecule has 1 aromatic carbocycles. The Hall–Kier alpha value is -2.73. The van der Waals surface area contributed by atoms with Gasteiger partial charge >= 0.3 is 0 Å². The van der Waals surface area contributed by atoms with E-state index in [4.69, 9.17) is 13.7 Å². The van der Waals surface area contributed by atoms with Crippen LogP contribution in [0.4, 0.5) is 4.39 Å². The molecule has 9 heteroatoms. The number of carbonyl (C=O) groups is 1. The van der Waals surface area contributed by atoms with Crippen LogP contribution in [-0.4, -0.2) is 34.6 Å². The quantitative estimate of drug-likeness (QED) is 0.507. The van der Waals surface area contributed by atoms with Crippen molar-refractivity contribution in [3.63, 3.8) is 0 Å². The van der Waals surface area contributed by atoms with Crippen LogP contribution in [0.25, 0.3) is 28.8 Å². The molecule has 2 heterocycles. The average molecular weight is 431 g/mol. The number of hydrogen-bond acceptors (Lipinski definition) is 6. The third-order valence-electron chi connectivity index (χ3n) is 4.77. The number of halogens is 1. The number of rotatable bonds is 9. The largest absolute Gasteiger partial charge is 0.473 e. The summed E-state index contributed by atoms with van der Waals surface area (Å²) in [6.45, 7) is 1.22. The van der Waals surface area contributed by atoms with Gasteiger partial charge in [0.2, 0.25) is 11.7 Å². The van der Waals surface area contributed by atoms with Crippen molar-refractivity contribution in [3.05, 3.63) is 35.9 Å². The number of amides is 1. The van der Waals surface area contributed by atoms with Crippen LogP contribution in [0.3, 0.4) is 0 Å². The molecule has 30 heavy (non-hydrogen) atoms. The number of oxazole rings is 1. The van der Waals surface area contributed by atoms with Crippen molar-refractivity contribution in [2.24, 2.45) is 5.92 Å². The summed E-state index contributed by atoms with van der Waals surface area (Å²) in [7, 11) is 2.00. The molecule has 1 aliphatic rings. The van der Waals surface area contributed by atoms with Crippen LogP contribution >= 0.6 is 9.24 Å². The Balaban J connectivity index is 1.43. The number of allylic oxidation sites excluding steroid dienone is 1. The molecule has 0 spiro atoms. The SMILES string of the molecule is CC(=O)NC(COc1cc(-c2nc3cc(/C=C/CC4CC4)ccc3o2)on1)C(F)P. The van der Waals surface area contributed by atoms with Crippen molar-refractivity contribution >= 4 is 32.3 Å². The van der Waals surface area contributed by atoms with Gasteiger partial charge in [-0.2, -0.15) is 0 Å². The number of aromatic nitrogens is 2. The Morgan fingerprint density at radius 3 is 3.00 bits per heavy atom. The van der Waals surface area contributed by atoms with E-state index >= 15 is 0 Å². The van der Waals surface area contributed by atoms with Gasteiger partial charge in [-0.3, -0.25) is 4.79 Å². The van der Waals surface area contributed by atoms with Crippen molar-refractivity contribution < 1.29 is 22.9 Å². The van der Waals surface area contributed by atoms with Gasteiger partial charge in [-0.25, -0.2) is 9.37 Å². The molecule has 1 saturated carbocycles. The molecule has 7 nitrogen and oxygen atoms in total. The highest BCUT2D eigenvalue weighted by molar-refractivity contribution is 7.17. The molecule has 4 rings (SSSR count). The van der Waals surface area contributed by atoms with Crippen LogP contribution in [0, 0.1) is 5.92 Å². The lowest BCUT2D eigenvalue weighted by molar-refractivity contribution is -0.120. The first-order valence-electron chi connectivity index (χ1n) is 9.81. The number of ether oxygens (including phenoxy) is 1. The Labute approximate surface area is 175 Å². The summed E-state index contributed by atoms with van der Waals surface area (Å²) in [6.07, 6.45) is 8.08. The summed E-state index contributed by atoms with van der Waals surface area (Å²) in [6, 6.07) is 6.51. The molecule has 3 atom stereocenters. The Kier molecular flexibility index (Phi) is 6.13. The third kappa shape index (κ3) is 5.25. The number of carbonyl (C=O) groups excluding carboxylic acids is 1. The van der Waals surface area contributed by atoms with Crippen LogP contribution < -0.4 is 10.1 Å². The van der Waals surface area contributed by atoms with Crippen molar-refractivity contribution in [2.75, 3.05) is 6.61 Å². The standard InChI is InChI=1S/C21H23FN3O4P/c1-12(26)23-16(20(22)30)11-27-19-10-18(29-25-19)21-24-15-9-14(7-8-17(15)28-21)4-2-3-13-5-6-13/h2,4,7-10,13,16,20H,3,5-6,11,30H2,1H3,(H,23,26)/b4-2+. The van der Waals surface area contributed by atoms with E-state index < -0.39 is 12.0 Å². The minimum atomic E-state index is -1.36. The summed E-state index contributed by atoms with van der Waals surface area (Å²) < 4.78 is 30.0. The van der Waals surface area contributed by atoms with Gasteiger partial charge in [-0.1, -0.05) is 27.5 Å². The Morgan fingerprint density at radius 1 is 1.43 bits per heavy atom. The zero-order chi connectivity index (χ0) is 21.1. The van der Waals surface area contributed by atoms with Gasteiger partial charge in [-0.15, -0.1) is 0 Å². The fourth-order valence-electron chi connectivity index (χ4n) is 2.98. The molecule has 3 aromatic rings. The van der Waals surface area contributed by atoms with Crippen LogP contribution in [0.15, 0.2) is 39.3 Å². The third-order valence-corrected chi connectivity index (χ3v) is 5.24. The van der Waals surface area contributed by atoms with Crippen molar-refractivity contribution in [1.82, 2.24) is 15.5 Å². The number of nitrogens with one attached hydrogen (secondary N) is 1. The lowest BCUT2D eigenvalue weighted by Crippen LogP contribution is -2.42. The highest BCUT2D eigenvalue weighted by Gasteiger charge is 2.21. The smallest absolute Gasteiger partial charge is 0.267 e. The predicted molar refractivity (Wildman–Crippen MR) is 114 cm³/mol. The molecule has 1 N–H and O–H groups in total. The fraction of sp³-hybridized carbons (Fsp3) is 0.381. The monoisotopic (exact) mass is 431 g/mol.